The Labute approximate surface area is 137 Å². The average Bonchev–Trinajstić information content (AvgIpc) is 2.86. The van der Waals surface area contributed by atoms with Gasteiger partial charge in [0.25, 0.3) is 5.56 Å². The molecule has 0 radical (unpaired) electrons. The smallest absolute Gasteiger partial charge is 0.263 e. The number of hydrogen-bond donors (Lipinski definition) is 1. The Kier molecular flexibility index (Phi) is 4.00. The summed E-state index contributed by atoms with van der Waals surface area (Å²) in [6, 6.07) is 7.31. The van der Waals surface area contributed by atoms with Crippen LogP contribution in [-0.2, 0) is 6.54 Å². The lowest BCUT2D eigenvalue weighted by Crippen LogP contribution is -2.23. The van der Waals surface area contributed by atoms with Gasteiger partial charge < -0.3 is 9.67 Å². The maximum absolute atomic E-state index is 12.6. The molecule has 3 rings (SSSR count). The minimum atomic E-state index is -0.252. The van der Waals surface area contributed by atoms with Crippen molar-refractivity contribution >= 4 is 33.6 Å². The number of pyridine rings is 1. The van der Waals surface area contributed by atoms with Crippen molar-refractivity contribution in [1.82, 2.24) is 9.55 Å². The van der Waals surface area contributed by atoms with Gasteiger partial charge in [-0.25, -0.2) is 9.98 Å². The van der Waals surface area contributed by atoms with Crippen molar-refractivity contribution in [3.63, 3.8) is 0 Å². The molecule has 0 saturated carbocycles. The van der Waals surface area contributed by atoms with Gasteiger partial charge >= 0.3 is 0 Å². The molecule has 6 heteroatoms. The monoisotopic (exact) mass is 327 g/mol. The second-order valence-corrected chi connectivity index (χ2v) is 6.41. The minimum Gasteiger partial charge on any atom is -0.506 e. The summed E-state index contributed by atoms with van der Waals surface area (Å²) >= 11 is 1.46. The van der Waals surface area contributed by atoms with Crippen molar-refractivity contribution in [2.75, 3.05) is 0 Å². The topological polar surface area (TPSA) is 67.5 Å². The Morgan fingerprint density at radius 3 is 2.74 bits per heavy atom. The molecule has 0 saturated heterocycles. The second kappa shape index (κ2) is 5.96. The number of aryl methyl sites for hydroxylation is 3. The van der Waals surface area contributed by atoms with Gasteiger partial charge in [-0.15, -0.1) is 0 Å². The fourth-order valence-corrected chi connectivity index (χ4v) is 3.23. The summed E-state index contributed by atoms with van der Waals surface area (Å²) < 4.78 is 1.63. The van der Waals surface area contributed by atoms with Crippen LogP contribution in [0.4, 0.5) is 5.13 Å². The molecule has 1 N–H and O–H groups in total. The first-order chi connectivity index (χ1) is 11.0. The van der Waals surface area contributed by atoms with E-state index in [1.165, 1.54) is 17.6 Å². The standard InChI is InChI=1S/C17H17N3O2S/c1-4-20-14-8-6-5-7-12(14)15(21)13(16(20)22)9-18-17-19-10(2)11(3)23-17/h5-9,21H,4H2,1-3H3. The van der Waals surface area contributed by atoms with Gasteiger partial charge in [0, 0.05) is 23.0 Å². The molecule has 0 aliphatic rings. The Morgan fingerprint density at radius 2 is 2.09 bits per heavy atom. The average molecular weight is 327 g/mol. The zero-order chi connectivity index (χ0) is 16.6. The number of para-hydroxylation sites is 1. The molecular weight excluding hydrogens is 310 g/mol. The molecule has 0 bridgehead atoms. The van der Waals surface area contributed by atoms with Gasteiger partial charge in [0.1, 0.15) is 11.3 Å². The SMILES string of the molecule is CCn1c(=O)c(C=Nc2nc(C)c(C)s2)c(O)c2ccccc21. The molecule has 1 aromatic carbocycles. The molecular formula is C17H17N3O2S. The van der Waals surface area contributed by atoms with Gasteiger partial charge in [0.15, 0.2) is 0 Å². The van der Waals surface area contributed by atoms with E-state index in [0.29, 0.717) is 17.1 Å². The lowest BCUT2D eigenvalue weighted by molar-refractivity contribution is 0.478. The summed E-state index contributed by atoms with van der Waals surface area (Å²) in [6.45, 7) is 6.32. The van der Waals surface area contributed by atoms with Crippen molar-refractivity contribution in [3.05, 3.63) is 50.8 Å². The Hall–Kier alpha value is -2.47. The summed E-state index contributed by atoms with van der Waals surface area (Å²) in [4.78, 5) is 22.3. The van der Waals surface area contributed by atoms with Crippen LogP contribution in [0.15, 0.2) is 34.1 Å². The second-order valence-electron chi connectivity index (χ2n) is 5.23. The van der Waals surface area contributed by atoms with E-state index in [2.05, 4.69) is 9.98 Å². The molecule has 23 heavy (non-hydrogen) atoms. The predicted molar refractivity (Wildman–Crippen MR) is 94.4 cm³/mol. The summed E-state index contributed by atoms with van der Waals surface area (Å²) in [5.74, 6) is -0.0379. The quantitative estimate of drug-likeness (QED) is 0.748. The fraction of sp³-hybridized carbons (Fsp3) is 0.235. The van der Waals surface area contributed by atoms with Crippen LogP contribution in [0.2, 0.25) is 0 Å². The maximum Gasteiger partial charge on any atom is 0.263 e. The number of rotatable bonds is 3. The molecule has 2 aromatic heterocycles. The molecule has 0 fully saturated rings. The summed E-state index contributed by atoms with van der Waals surface area (Å²) in [5.41, 5.74) is 1.58. The third kappa shape index (κ3) is 2.66. The molecule has 0 amide bonds. The van der Waals surface area contributed by atoms with Crippen LogP contribution in [0.25, 0.3) is 10.9 Å². The lowest BCUT2D eigenvalue weighted by Gasteiger charge is -2.11. The molecule has 0 aliphatic heterocycles. The molecule has 2 heterocycles. The van der Waals surface area contributed by atoms with Crippen molar-refractivity contribution < 1.29 is 5.11 Å². The van der Waals surface area contributed by atoms with E-state index in [0.717, 1.165) is 16.1 Å². The number of aliphatic imine (C=N–C) groups is 1. The van der Waals surface area contributed by atoms with E-state index in [9.17, 15) is 9.90 Å². The highest BCUT2D eigenvalue weighted by atomic mass is 32.1. The number of benzene rings is 1. The zero-order valence-corrected chi connectivity index (χ0v) is 14.0. The molecule has 0 atom stereocenters. The molecule has 0 spiro atoms. The Bertz CT molecular complexity index is 950. The Balaban J connectivity index is 2.19. The highest BCUT2D eigenvalue weighted by molar-refractivity contribution is 7.15. The van der Waals surface area contributed by atoms with Gasteiger partial charge in [-0.2, -0.15) is 0 Å². The van der Waals surface area contributed by atoms with Gasteiger partial charge in [0.2, 0.25) is 5.13 Å². The fourth-order valence-electron chi connectivity index (χ4n) is 2.47. The summed E-state index contributed by atoms with van der Waals surface area (Å²) in [7, 11) is 0. The van der Waals surface area contributed by atoms with Gasteiger partial charge in [-0.1, -0.05) is 23.5 Å². The largest absolute Gasteiger partial charge is 0.506 e. The normalized spacial score (nSPS) is 11.6. The zero-order valence-electron chi connectivity index (χ0n) is 13.2. The van der Waals surface area contributed by atoms with Crippen LogP contribution in [0, 0.1) is 13.8 Å². The van der Waals surface area contributed by atoms with Crippen LogP contribution < -0.4 is 5.56 Å². The number of hydrogen-bond acceptors (Lipinski definition) is 5. The van der Waals surface area contributed by atoms with E-state index in [1.54, 1.807) is 10.6 Å². The van der Waals surface area contributed by atoms with E-state index in [4.69, 9.17) is 0 Å². The first-order valence-corrected chi connectivity index (χ1v) is 8.17. The number of fused-ring (bicyclic) bond motifs is 1. The molecule has 0 unspecified atom stereocenters. The van der Waals surface area contributed by atoms with E-state index < -0.39 is 0 Å². The molecule has 118 valence electrons. The lowest BCUT2D eigenvalue weighted by atomic mass is 10.1. The highest BCUT2D eigenvalue weighted by Crippen LogP contribution is 2.27. The summed E-state index contributed by atoms with van der Waals surface area (Å²) in [5, 5.41) is 11.7. The number of aromatic nitrogens is 2. The van der Waals surface area contributed by atoms with Crippen LogP contribution in [0.5, 0.6) is 5.75 Å². The highest BCUT2D eigenvalue weighted by Gasteiger charge is 2.14. The predicted octanol–water partition coefficient (Wildman–Crippen LogP) is 3.55. The number of aromatic hydroxyl groups is 1. The maximum atomic E-state index is 12.6. The third-order valence-electron chi connectivity index (χ3n) is 3.82. The molecule has 5 nitrogen and oxygen atoms in total. The number of nitrogens with zero attached hydrogens (tertiary/aromatic N) is 3. The van der Waals surface area contributed by atoms with Crippen LogP contribution in [0.3, 0.4) is 0 Å². The van der Waals surface area contributed by atoms with Crippen molar-refractivity contribution in [3.8, 4) is 5.75 Å². The van der Waals surface area contributed by atoms with Gasteiger partial charge in [-0.3, -0.25) is 4.79 Å². The third-order valence-corrected chi connectivity index (χ3v) is 4.80. The Morgan fingerprint density at radius 1 is 1.35 bits per heavy atom. The van der Waals surface area contributed by atoms with Gasteiger partial charge in [0.05, 0.1) is 11.2 Å². The first-order valence-electron chi connectivity index (χ1n) is 7.35. The first kappa shape index (κ1) is 15.4. The molecule has 3 aromatic rings. The van der Waals surface area contributed by atoms with E-state index in [1.807, 2.05) is 39.0 Å². The van der Waals surface area contributed by atoms with Crippen molar-refractivity contribution in [2.45, 2.75) is 27.3 Å². The molecule has 0 aliphatic carbocycles. The number of thiazole rings is 1. The van der Waals surface area contributed by atoms with Crippen LogP contribution >= 0.6 is 11.3 Å². The van der Waals surface area contributed by atoms with Crippen LogP contribution in [-0.4, -0.2) is 20.9 Å². The summed E-state index contributed by atoms with van der Waals surface area (Å²) in [6.07, 6.45) is 1.41. The van der Waals surface area contributed by atoms with Crippen molar-refractivity contribution in [2.24, 2.45) is 4.99 Å². The van der Waals surface area contributed by atoms with Gasteiger partial charge in [-0.05, 0) is 32.9 Å². The van der Waals surface area contributed by atoms with Crippen molar-refractivity contribution in [1.29, 1.82) is 0 Å². The van der Waals surface area contributed by atoms with Crippen LogP contribution in [0.1, 0.15) is 23.1 Å². The minimum absolute atomic E-state index is 0.0379. The van der Waals surface area contributed by atoms with E-state index >= 15 is 0 Å². The van der Waals surface area contributed by atoms with E-state index in [-0.39, 0.29) is 16.9 Å².